The van der Waals surface area contributed by atoms with Crippen LogP contribution in [-0.2, 0) is 14.3 Å². The monoisotopic (exact) mass is 475 g/mol. The lowest BCUT2D eigenvalue weighted by atomic mass is 9.92. The van der Waals surface area contributed by atoms with E-state index in [9.17, 15) is 9.59 Å². The highest BCUT2D eigenvalue weighted by atomic mass is 16.5. The van der Waals surface area contributed by atoms with Gasteiger partial charge in [-0.2, -0.15) is 0 Å². The Morgan fingerprint density at radius 1 is 1.06 bits per heavy atom. The van der Waals surface area contributed by atoms with Crippen molar-refractivity contribution in [1.29, 1.82) is 0 Å². The topological polar surface area (TPSA) is 71.4 Å². The number of aliphatic imine (C=N–C) groups is 1. The van der Waals surface area contributed by atoms with Crippen molar-refractivity contribution < 1.29 is 19.1 Å². The van der Waals surface area contributed by atoms with Crippen molar-refractivity contribution in [1.82, 2.24) is 4.90 Å². The zero-order chi connectivity index (χ0) is 25.7. The van der Waals surface area contributed by atoms with E-state index in [2.05, 4.69) is 4.99 Å². The fourth-order valence-corrected chi connectivity index (χ4v) is 4.08. The van der Waals surface area contributed by atoms with Crippen molar-refractivity contribution in [2.24, 2.45) is 4.99 Å². The van der Waals surface area contributed by atoms with Crippen LogP contribution in [0.15, 0.2) is 70.4 Å². The van der Waals surface area contributed by atoms with Gasteiger partial charge in [0.2, 0.25) is 0 Å². The highest BCUT2D eigenvalue weighted by molar-refractivity contribution is 6.10. The highest BCUT2D eigenvalue weighted by Crippen LogP contribution is 2.37. The van der Waals surface area contributed by atoms with Crippen molar-refractivity contribution in [2.45, 2.75) is 33.7 Å². The molecular formula is C28H33N3O4. The molecule has 1 amide bonds. The van der Waals surface area contributed by atoms with E-state index in [1.807, 2.05) is 73.6 Å². The van der Waals surface area contributed by atoms with Crippen LogP contribution in [0.1, 0.15) is 44.9 Å². The van der Waals surface area contributed by atoms with Gasteiger partial charge in [-0.05, 0) is 69.2 Å². The van der Waals surface area contributed by atoms with Crippen LogP contribution in [0.25, 0.3) is 6.08 Å². The first-order valence-electron chi connectivity index (χ1n) is 11.5. The number of hydrogen-bond donors (Lipinski definition) is 0. The van der Waals surface area contributed by atoms with Gasteiger partial charge in [-0.15, -0.1) is 0 Å². The van der Waals surface area contributed by atoms with Crippen LogP contribution in [0, 0.1) is 0 Å². The van der Waals surface area contributed by atoms with Gasteiger partial charge in [-0.3, -0.25) is 9.69 Å². The predicted octanol–water partition coefficient (Wildman–Crippen LogP) is 5.00. The van der Waals surface area contributed by atoms with Gasteiger partial charge in [-0.25, -0.2) is 9.79 Å². The summed E-state index contributed by atoms with van der Waals surface area (Å²) in [4.78, 5) is 35.0. The molecule has 0 N–H and O–H groups in total. The Kier molecular flexibility index (Phi) is 8.12. The third-order valence-corrected chi connectivity index (χ3v) is 5.88. The number of methoxy groups -OCH3 is 1. The number of carbonyl (C=O) groups is 2. The lowest BCUT2D eigenvalue weighted by molar-refractivity contribution is -0.139. The van der Waals surface area contributed by atoms with E-state index < -0.39 is 12.0 Å². The molecule has 0 bridgehead atoms. The van der Waals surface area contributed by atoms with E-state index in [4.69, 9.17) is 9.47 Å². The van der Waals surface area contributed by atoms with Crippen LogP contribution < -0.4 is 9.64 Å². The number of allylic oxidation sites excluding steroid dienone is 1. The van der Waals surface area contributed by atoms with E-state index in [1.165, 1.54) is 0 Å². The maximum Gasteiger partial charge on any atom is 0.338 e. The Bertz CT molecular complexity index is 1180. The number of nitrogens with zero attached hydrogens (tertiary/aromatic N) is 3. The van der Waals surface area contributed by atoms with Crippen molar-refractivity contribution >= 4 is 29.5 Å². The first kappa shape index (κ1) is 25.7. The normalized spacial score (nSPS) is 16.1. The Morgan fingerprint density at radius 2 is 1.69 bits per heavy atom. The van der Waals surface area contributed by atoms with E-state index in [-0.39, 0.29) is 12.5 Å². The zero-order valence-electron chi connectivity index (χ0n) is 21.5. The van der Waals surface area contributed by atoms with Crippen molar-refractivity contribution in [2.75, 3.05) is 32.7 Å². The van der Waals surface area contributed by atoms with Gasteiger partial charge in [0.25, 0.3) is 5.91 Å². The molecule has 35 heavy (non-hydrogen) atoms. The van der Waals surface area contributed by atoms with Crippen LogP contribution in [0.4, 0.5) is 5.69 Å². The highest BCUT2D eigenvalue weighted by Gasteiger charge is 2.39. The molecule has 0 fully saturated rings. The van der Waals surface area contributed by atoms with Gasteiger partial charge < -0.3 is 14.4 Å². The number of carbonyl (C=O) groups excluding carboxylic acids is 2. The van der Waals surface area contributed by atoms with E-state index >= 15 is 0 Å². The molecular weight excluding hydrogens is 442 g/mol. The summed E-state index contributed by atoms with van der Waals surface area (Å²) in [5.41, 5.74) is 4.11. The van der Waals surface area contributed by atoms with Crippen molar-refractivity contribution in [3.63, 3.8) is 0 Å². The van der Waals surface area contributed by atoms with Gasteiger partial charge in [0, 0.05) is 25.4 Å². The van der Waals surface area contributed by atoms with E-state index in [1.54, 1.807) is 39.7 Å². The molecule has 0 saturated carbocycles. The van der Waals surface area contributed by atoms with Crippen molar-refractivity contribution in [3.8, 4) is 5.75 Å². The minimum absolute atomic E-state index is 0.231. The molecule has 1 atom stereocenters. The molecule has 0 aromatic heterocycles. The summed E-state index contributed by atoms with van der Waals surface area (Å²) in [6.45, 7) is 7.32. The Labute approximate surface area is 207 Å². The summed E-state index contributed by atoms with van der Waals surface area (Å²) in [5.74, 6) is 0.548. The molecule has 7 heteroatoms. The number of rotatable bonds is 7. The molecule has 0 saturated heterocycles. The summed E-state index contributed by atoms with van der Waals surface area (Å²) in [7, 11) is 5.54. The molecule has 1 aliphatic heterocycles. The number of benzene rings is 2. The average molecular weight is 476 g/mol. The van der Waals surface area contributed by atoms with Crippen LogP contribution in [0.2, 0.25) is 0 Å². The van der Waals surface area contributed by atoms with Crippen LogP contribution in [0.3, 0.4) is 0 Å². The molecule has 2 aromatic rings. The second kappa shape index (κ2) is 11.0. The Balaban J connectivity index is 2.08. The van der Waals surface area contributed by atoms with Gasteiger partial charge in [-0.1, -0.05) is 24.3 Å². The third-order valence-electron chi connectivity index (χ3n) is 5.88. The lowest BCUT2D eigenvalue weighted by Crippen LogP contribution is -2.43. The summed E-state index contributed by atoms with van der Waals surface area (Å²) >= 11 is 0. The second-order valence-electron chi connectivity index (χ2n) is 8.54. The molecule has 1 aliphatic rings. The number of ether oxygens (including phenoxy) is 2. The molecule has 7 nitrogen and oxygen atoms in total. The smallest absolute Gasteiger partial charge is 0.338 e. The molecule has 2 aromatic carbocycles. The summed E-state index contributed by atoms with van der Waals surface area (Å²) in [6.07, 6.45) is 1.82. The van der Waals surface area contributed by atoms with E-state index in [0.717, 1.165) is 22.6 Å². The minimum atomic E-state index is -0.658. The van der Waals surface area contributed by atoms with Crippen LogP contribution >= 0.6 is 0 Å². The molecule has 0 radical (unpaired) electrons. The number of hydrogen-bond acceptors (Lipinski definition) is 6. The maximum absolute atomic E-state index is 13.8. The molecule has 1 unspecified atom stereocenters. The second-order valence-corrected chi connectivity index (χ2v) is 8.54. The molecule has 0 aliphatic carbocycles. The van der Waals surface area contributed by atoms with Gasteiger partial charge in [0.1, 0.15) is 11.6 Å². The van der Waals surface area contributed by atoms with Gasteiger partial charge >= 0.3 is 5.97 Å². The Morgan fingerprint density at radius 3 is 2.23 bits per heavy atom. The number of amidine groups is 1. The third kappa shape index (κ3) is 5.62. The first-order valence-corrected chi connectivity index (χ1v) is 11.5. The fraction of sp³-hybridized carbons (Fsp3) is 0.321. The number of anilines is 1. The minimum Gasteiger partial charge on any atom is -0.497 e. The average Bonchev–Trinajstić information content (AvgIpc) is 2.83. The van der Waals surface area contributed by atoms with Crippen LogP contribution in [0.5, 0.6) is 5.75 Å². The van der Waals surface area contributed by atoms with Crippen molar-refractivity contribution in [3.05, 3.63) is 76.5 Å². The van der Waals surface area contributed by atoms with Crippen LogP contribution in [-0.4, -0.2) is 50.4 Å². The largest absolute Gasteiger partial charge is 0.497 e. The summed E-state index contributed by atoms with van der Waals surface area (Å²) < 4.78 is 10.6. The summed E-state index contributed by atoms with van der Waals surface area (Å²) in [6, 6.07) is 14.6. The molecule has 0 spiro atoms. The number of esters is 1. The maximum atomic E-state index is 13.8. The quantitative estimate of drug-likeness (QED) is 0.416. The Hall–Kier alpha value is -3.87. The van der Waals surface area contributed by atoms with E-state index in [0.29, 0.717) is 22.7 Å². The zero-order valence-corrected chi connectivity index (χ0v) is 21.5. The van der Waals surface area contributed by atoms with Gasteiger partial charge in [0.15, 0.2) is 0 Å². The molecule has 3 rings (SSSR count). The number of amides is 1. The summed E-state index contributed by atoms with van der Waals surface area (Å²) in [5, 5.41) is 0. The SMILES string of the molecule is CCOC(=O)C1=C(C)N=C(C)N(C(=O)/C(C)=C\c2ccc(OC)cc2)C1c1ccc(N(C)C)cc1. The lowest BCUT2D eigenvalue weighted by Gasteiger charge is -2.36. The first-order chi connectivity index (χ1) is 16.7. The predicted molar refractivity (Wildman–Crippen MR) is 139 cm³/mol. The molecule has 184 valence electrons. The van der Waals surface area contributed by atoms with Gasteiger partial charge in [0.05, 0.1) is 31.0 Å². The fourth-order valence-electron chi connectivity index (χ4n) is 4.08. The molecule has 1 heterocycles. The standard InChI is InChI=1S/C28H33N3O4/c1-8-35-28(33)25-19(3)29-20(4)31(26(25)22-11-13-23(14-12-22)30(5)6)27(32)18(2)17-21-9-15-24(34-7)16-10-21/h9-17,26H,8H2,1-7H3/b18-17-.